The zero-order chi connectivity index (χ0) is 25.4. The Morgan fingerprint density at radius 3 is 2.60 bits per heavy atom. The summed E-state index contributed by atoms with van der Waals surface area (Å²) in [6.07, 6.45) is 6.83. The van der Waals surface area contributed by atoms with Crippen LogP contribution in [0.15, 0.2) is 30.5 Å². The molecule has 3 rings (SSSR count). The summed E-state index contributed by atoms with van der Waals surface area (Å²) in [7, 11) is 1.91. The van der Waals surface area contributed by atoms with Crippen LogP contribution >= 0.6 is 0 Å². The molecular weight excluding hydrogens is 440 g/mol. The van der Waals surface area contributed by atoms with E-state index in [0.717, 1.165) is 36.9 Å². The minimum atomic E-state index is -0.0383. The molecule has 7 nitrogen and oxygen atoms in total. The topological polar surface area (TPSA) is 67.7 Å². The fourth-order valence-electron chi connectivity index (χ4n) is 4.91. The molecule has 0 fully saturated rings. The molecule has 0 saturated heterocycles. The molecule has 0 spiro atoms. The lowest BCUT2D eigenvalue weighted by atomic mass is 10.0. The van der Waals surface area contributed by atoms with E-state index < -0.39 is 0 Å². The molecule has 1 aliphatic rings. The Bertz CT molecular complexity index is 984. The maximum Gasteiger partial charge on any atom is 0.257 e. The van der Waals surface area contributed by atoms with Crippen molar-refractivity contribution in [2.75, 3.05) is 26.2 Å². The quantitative estimate of drug-likeness (QED) is 0.602. The molecular formula is C28H42N4O3. The predicted octanol–water partition coefficient (Wildman–Crippen LogP) is 4.63. The van der Waals surface area contributed by atoms with Crippen LogP contribution in [0.4, 0.5) is 0 Å². The van der Waals surface area contributed by atoms with Gasteiger partial charge in [-0.15, -0.1) is 0 Å². The van der Waals surface area contributed by atoms with Crippen LogP contribution in [0, 0.1) is 12.8 Å². The first-order valence-electron chi connectivity index (χ1n) is 13.1. The average molecular weight is 483 g/mol. The number of carbonyl (C=O) groups excluding carboxylic acids is 2. The SMILES string of the molecule is CCN1CCCCCN(C(=O)CCc2cn(C)nc2C)[C@@H](CC(C)C)COc2ccccc2C1=O. The van der Waals surface area contributed by atoms with Crippen molar-refractivity contribution in [3.8, 4) is 5.75 Å². The lowest BCUT2D eigenvalue weighted by Gasteiger charge is -2.33. The Labute approximate surface area is 210 Å². The molecule has 2 amide bonds. The molecule has 0 unspecified atom stereocenters. The van der Waals surface area contributed by atoms with Crippen LogP contribution in [0.25, 0.3) is 0 Å². The maximum atomic E-state index is 13.5. The van der Waals surface area contributed by atoms with E-state index in [4.69, 9.17) is 4.74 Å². The minimum absolute atomic E-state index is 0.0162. The van der Waals surface area contributed by atoms with Crippen molar-refractivity contribution in [3.63, 3.8) is 0 Å². The van der Waals surface area contributed by atoms with Gasteiger partial charge in [0.2, 0.25) is 5.91 Å². The predicted molar refractivity (Wildman–Crippen MR) is 139 cm³/mol. The van der Waals surface area contributed by atoms with Gasteiger partial charge in [-0.2, -0.15) is 5.10 Å². The summed E-state index contributed by atoms with van der Waals surface area (Å²) in [5, 5.41) is 4.42. The van der Waals surface area contributed by atoms with Gasteiger partial charge in [-0.05, 0) is 69.6 Å². The van der Waals surface area contributed by atoms with Crippen molar-refractivity contribution in [3.05, 3.63) is 47.3 Å². The zero-order valence-electron chi connectivity index (χ0n) is 22.1. The van der Waals surface area contributed by atoms with Gasteiger partial charge in [0.1, 0.15) is 12.4 Å². The van der Waals surface area contributed by atoms with Gasteiger partial charge >= 0.3 is 0 Å². The Morgan fingerprint density at radius 2 is 1.91 bits per heavy atom. The Kier molecular flexibility index (Phi) is 9.75. The largest absolute Gasteiger partial charge is 0.491 e. The number of benzene rings is 1. The van der Waals surface area contributed by atoms with E-state index in [-0.39, 0.29) is 17.9 Å². The molecule has 2 heterocycles. The van der Waals surface area contributed by atoms with Gasteiger partial charge < -0.3 is 14.5 Å². The number of para-hydroxylation sites is 1. The van der Waals surface area contributed by atoms with Crippen molar-refractivity contribution in [1.29, 1.82) is 0 Å². The van der Waals surface area contributed by atoms with E-state index in [2.05, 4.69) is 18.9 Å². The van der Waals surface area contributed by atoms with E-state index in [1.165, 1.54) is 0 Å². The molecule has 7 heteroatoms. The molecule has 1 aliphatic heterocycles. The first kappa shape index (κ1) is 26.8. The average Bonchev–Trinajstić information content (AvgIpc) is 3.16. The molecule has 0 N–H and O–H groups in total. The van der Waals surface area contributed by atoms with Gasteiger partial charge in [0.15, 0.2) is 0 Å². The third kappa shape index (κ3) is 7.33. The van der Waals surface area contributed by atoms with E-state index in [1.807, 2.05) is 65.8 Å². The van der Waals surface area contributed by atoms with Crippen LogP contribution in [0.1, 0.15) is 74.5 Å². The molecule has 0 bridgehead atoms. The van der Waals surface area contributed by atoms with Gasteiger partial charge in [0, 0.05) is 39.3 Å². The van der Waals surface area contributed by atoms with Crippen LogP contribution in [0.5, 0.6) is 5.75 Å². The van der Waals surface area contributed by atoms with Crippen LogP contribution in [-0.4, -0.2) is 63.7 Å². The van der Waals surface area contributed by atoms with Crippen molar-refractivity contribution in [2.24, 2.45) is 13.0 Å². The number of aromatic nitrogens is 2. The number of rotatable bonds is 6. The molecule has 1 aromatic heterocycles. The summed E-state index contributed by atoms with van der Waals surface area (Å²) in [5.41, 5.74) is 2.70. The standard InChI is InChI=1S/C28H42N4O3/c1-6-31-16-10-7-11-17-32(27(33)15-14-23-19-30(5)29-22(23)4)24(18-21(2)3)20-35-26-13-9-8-12-25(26)28(31)34/h8-9,12-13,19,21,24H,6-7,10-11,14-18,20H2,1-5H3/t24-/m0/s1. The lowest BCUT2D eigenvalue weighted by molar-refractivity contribution is -0.134. The number of hydrogen-bond acceptors (Lipinski definition) is 4. The highest BCUT2D eigenvalue weighted by Gasteiger charge is 2.27. The fraction of sp³-hybridized carbons (Fsp3) is 0.607. The monoisotopic (exact) mass is 482 g/mol. The summed E-state index contributed by atoms with van der Waals surface area (Å²) < 4.78 is 8.10. The van der Waals surface area contributed by atoms with Crippen molar-refractivity contribution in [2.45, 2.75) is 72.3 Å². The lowest BCUT2D eigenvalue weighted by Crippen LogP contribution is -2.45. The second-order valence-electron chi connectivity index (χ2n) is 10.0. The Balaban J connectivity index is 1.83. The van der Waals surface area contributed by atoms with Crippen molar-refractivity contribution in [1.82, 2.24) is 19.6 Å². The summed E-state index contributed by atoms with van der Waals surface area (Å²) in [4.78, 5) is 30.7. The van der Waals surface area contributed by atoms with Gasteiger partial charge in [0.05, 0.1) is 17.3 Å². The number of amides is 2. The first-order chi connectivity index (χ1) is 16.8. The van der Waals surface area contributed by atoms with E-state index in [9.17, 15) is 9.59 Å². The molecule has 1 aromatic carbocycles. The van der Waals surface area contributed by atoms with Crippen LogP contribution in [-0.2, 0) is 18.3 Å². The maximum absolute atomic E-state index is 13.5. The number of ether oxygens (including phenoxy) is 1. The summed E-state index contributed by atoms with van der Waals surface area (Å²) in [6.45, 7) is 10.8. The highest BCUT2D eigenvalue weighted by Crippen LogP contribution is 2.24. The molecule has 0 aliphatic carbocycles. The van der Waals surface area contributed by atoms with Gasteiger partial charge in [-0.3, -0.25) is 14.3 Å². The number of carbonyl (C=O) groups is 2. The van der Waals surface area contributed by atoms with Crippen molar-refractivity contribution >= 4 is 11.8 Å². The van der Waals surface area contributed by atoms with E-state index in [1.54, 1.807) is 0 Å². The number of fused-ring (bicyclic) bond motifs is 1. The summed E-state index contributed by atoms with van der Waals surface area (Å²) in [5.74, 6) is 1.20. The molecule has 35 heavy (non-hydrogen) atoms. The number of aryl methyl sites for hydroxylation is 3. The van der Waals surface area contributed by atoms with Crippen LogP contribution in [0.2, 0.25) is 0 Å². The van der Waals surface area contributed by atoms with Gasteiger partial charge in [-0.1, -0.05) is 26.0 Å². The van der Waals surface area contributed by atoms with Crippen molar-refractivity contribution < 1.29 is 14.3 Å². The molecule has 192 valence electrons. The second kappa shape index (κ2) is 12.8. The highest BCUT2D eigenvalue weighted by molar-refractivity contribution is 5.96. The first-order valence-corrected chi connectivity index (χ1v) is 13.1. The van der Waals surface area contributed by atoms with E-state index >= 15 is 0 Å². The van der Waals surface area contributed by atoms with Gasteiger partial charge in [0.25, 0.3) is 5.91 Å². The smallest absolute Gasteiger partial charge is 0.257 e. The number of nitrogens with zero attached hydrogens (tertiary/aromatic N) is 4. The third-order valence-electron chi connectivity index (χ3n) is 6.77. The molecule has 1 atom stereocenters. The Morgan fingerprint density at radius 1 is 1.17 bits per heavy atom. The van der Waals surface area contributed by atoms with Crippen LogP contribution in [0.3, 0.4) is 0 Å². The summed E-state index contributed by atoms with van der Waals surface area (Å²) >= 11 is 0. The van der Waals surface area contributed by atoms with Crippen LogP contribution < -0.4 is 4.74 Å². The summed E-state index contributed by atoms with van der Waals surface area (Å²) in [6, 6.07) is 7.45. The zero-order valence-corrected chi connectivity index (χ0v) is 22.1. The third-order valence-corrected chi connectivity index (χ3v) is 6.77. The van der Waals surface area contributed by atoms with E-state index in [0.29, 0.717) is 56.3 Å². The number of hydrogen-bond donors (Lipinski definition) is 0. The fourth-order valence-corrected chi connectivity index (χ4v) is 4.91. The highest BCUT2D eigenvalue weighted by atomic mass is 16.5. The molecule has 0 radical (unpaired) electrons. The minimum Gasteiger partial charge on any atom is -0.491 e. The second-order valence-corrected chi connectivity index (χ2v) is 10.0. The molecule has 0 saturated carbocycles. The Hall–Kier alpha value is -2.83. The molecule has 2 aromatic rings. The van der Waals surface area contributed by atoms with Gasteiger partial charge in [-0.25, -0.2) is 0 Å². The normalized spacial score (nSPS) is 17.9.